The summed E-state index contributed by atoms with van der Waals surface area (Å²) in [6.07, 6.45) is 0. The zero-order chi connectivity index (χ0) is 16.4. The summed E-state index contributed by atoms with van der Waals surface area (Å²) >= 11 is 0. The molecule has 0 heterocycles. The molecular formula is C18H14N2O3. The van der Waals surface area contributed by atoms with E-state index in [4.69, 9.17) is 5.73 Å². The van der Waals surface area contributed by atoms with Gasteiger partial charge < -0.3 is 16.2 Å². The number of aromatic hydroxyl groups is 1. The van der Waals surface area contributed by atoms with Gasteiger partial charge in [0, 0.05) is 0 Å². The minimum Gasteiger partial charge on any atom is -0.508 e. The van der Waals surface area contributed by atoms with E-state index in [9.17, 15) is 14.7 Å². The Morgan fingerprint density at radius 3 is 2.39 bits per heavy atom. The number of fused-ring (bicyclic) bond motifs is 1. The first kappa shape index (κ1) is 14.6. The molecule has 0 aliphatic rings. The molecule has 0 radical (unpaired) electrons. The van der Waals surface area contributed by atoms with Gasteiger partial charge in [0.05, 0.1) is 16.8 Å². The van der Waals surface area contributed by atoms with Gasteiger partial charge in [0.25, 0.3) is 11.8 Å². The molecule has 3 rings (SSSR count). The number of nitrogens with two attached hydrogens (primary N) is 1. The lowest BCUT2D eigenvalue weighted by molar-refractivity contribution is 0.100. The number of carbonyl (C=O) groups is 2. The fraction of sp³-hybridized carbons (Fsp3) is 0. The molecule has 0 unspecified atom stereocenters. The quantitative estimate of drug-likeness (QED) is 0.694. The Labute approximate surface area is 132 Å². The molecule has 2 amide bonds. The van der Waals surface area contributed by atoms with Crippen LogP contribution in [0.2, 0.25) is 0 Å². The van der Waals surface area contributed by atoms with Crippen molar-refractivity contribution in [1.29, 1.82) is 0 Å². The first-order chi connectivity index (χ1) is 11.1. The van der Waals surface area contributed by atoms with Crippen LogP contribution in [0.15, 0.2) is 60.7 Å². The number of para-hydroxylation sites is 1. The van der Waals surface area contributed by atoms with Crippen molar-refractivity contribution >= 4 is 28.3 Å². The standard InChI is InChI=1S/C18H14N2O3/c19-17(22)14-7-3-4-8-16(14)20-18(23)15-10-12(21)9-11-5-1-2-6-13(11)15/h1-10,21H,(H2,19,22)(H,20,23). The Balaban J connectivity index is 2.04. The summed E-state index contributed by atoms with van der Waals surface area (Å²) in [5.41, 5.74) is 6.19. The summed E-state index contributed by atoms with van der Waals surface area (Å²) in [4.78, 5) is 24.0. The van der Waals surface area contributed by atoms with Crippen LogP contribution in [-0.2, 0) is 0 Å². The smallest absolute Gasteiger partial charge is 0.256 e. The van der Waals surface area contributed by atoms with Crippen molar-refractivity contribution in [3.63, 3.8) is 0 Å². The van der Waals surface area contributed by atoms with Crippen molar-refractivity contribution < 1.29 is 14.7 Å². The van der Waals surface area contributed by atoms with Gasteiger partial charge in [0.2, 0.25) is 0 Å². The highest BCUT2D eigenvalue weighted by molar-refractivity contribution is 6.15. The Hall–Kier alpha value is -3.34. The van der Waals surface area contributed by atoms with E-state index < -0.39 is 11.8 Å². The van der Waals surface area contributed by atoms with Crippen LogP contribution in [0.4, 0.5) is 5.69 Å². The molecule has 0 aromatic heterocycles. The van der Waals surface area contributed by atoms with Crippen molar-refractivity contribution in [2.24, 2.45) is 5.73 Å². The van der Waals surface area contributed by atoms with Crippen LogP contribution in [0.5, 0.6) is 5.75 Å². The highest BCUT2D eigenvalue weighted by Crippen LogP contribution is 2.26. The maximum atomic E-state index is 12.6. The summed E-state index contributed by atoms with van der Waals surface area (Å²) in [5, 5.41) is 13.9. The van der Waals surface area contributed by atoms with Gasteiger partial charge in [-0.05, 0) is 35.0 Å². The number of phenols is 1. The first-order valence-corrected chi connectivity index (χ1v) is 6.98. The van der Waals surface area contributed by atoms with Gasteiger partial charge in [0.15, 0.2) is 0 Å². The number of nitrogens with one attached hydrogen (secondary N) is 1. The summed E-state index contributed by atoms with van der Waals surface area (Å²) in [5.74, 6) is -1.05. The first-order valence-electron chi connectivity index (χ1n) is 6.98. The molecule has 0 saturated heterocycles. The molecule has 0 aliphatic heterocycles. The summed E-state index contributed by atoms with van der Waals surface area (Å²) in [7, 11) is 0. The lowest BCUT2D eigenvalue weighted by Crippen LogP contribution is -2.18. The number of hydrogen-bond acceptors (Lipinski definition) is 3. The number of benzene rings is 3. The van der Waals surface area contributed by atoms with Crippen LogP contribution < -0.4 is 11.1 Å². The van der Waals surface area contributed by atoms with E-state index >= 15 is 0 Å². The number of amides is 2. The van der Waals surface area contributed by atoms with E-state index in [1.165, 1.54) is 6.07 Å². The highest BCUT2D eigenvalue weighted by Gasteiger charge is 2.15. The molecule has 23 heavy (non-hydrogen) atoms. The maximum absolute atomic E-state index is 12.6. The number of carbonyl (C=O) groups excluding carboxylic acids is 2. The Morgan fingerprint density at radius 2 is 1.61 bits per heavy atom. The van der Waals surface area contributed by atoms with Crippen LogP contribution in [0, 0.1) is 0 Å². The van der Waals surface area contributed by atoms with Gasteiger partial charge in [0.1, 0.15) is 5.75 Å². The van der Waals surface area contributed by atoms with Gasteiger partial charge in [-0.25, -0.2) is 0 Å². The zero-order valence-corrected chi connectivity index (χ0v) is 12.1. The lowest BCUT2D eigenvalue weighted by Gasteiger charge is -2.11. The van der Waals surface area contributed by atoms with Crippen molar-refractivity contribution in [1.82, 2.24) is 0 Å². The number of primary amides is 1. The number of rotatable bonds is 3. The molecule has 0 fully saturated rings. The van der Waals surface area contributed by atoms with E-state index in [1.807, 2.05) is 18.2 Å². The predicted molar refractivity (Wildman–Crippen MR) is 88.5 cm³/mol. The molecule has 0 bridgehead atoms. The fourth-order valence-electron chi connectivity index (χ4n) is 2.48. The SMILES string of the molecule is NC(=O)c1ccccc1NC(=O)c1cc(O)cc2ccccc12. The molecule has 0 saturated carbocycles. The molecule has 3 aromatic rings. The predicted octanol–water partition coefficient (Wildman–Crippen LogP) is 2.90. The highest BCUT2D eigenvalue weighted by atomic mass is 16.3. The Kier molecular flexibility index (Phi) is 3.68. The molecule has 0 spiro atoms. The molecule has 3 aromatic carbocycles. The van der Waals surface area contributed by atoms with Crippen molar-refractivity contribution in [2.45, 2.75) is 0 Å². The van der Waals surface area contributed by atoms with Crippen molar-refractivity contribution in [3.05, 3.63) is 71.8 Å². The Bertz CT molecular complexity index is 919. The minimum atomic E-state index is -0.623. The Morgan fingerprint density at radius 1 is 0.913 bits per heavy atom. The molecule has 0 aliphatic carbocycles. The molecule has 114 valence electrons. The van der Waals surface area contributed by atoms with E-state index in [-0.39, 0.29) is 11.3 Å². The molecule has 5 nitrogen and oxygen atoms in total. The topological polar surface area (TPSA) is 92.4 Å². The van der Waals surface area contributed by atoms with Crippen LogP contribution in [-0.4, -0.2) is 16.9 Å². The largest absolute Gasteiger partial charge is 0.508 e. The summed E-state index contributed by atoms with van der Waals surface area (Å²) in [6, 6.07) is 16.7. The normalized spacial score (nSPS) is 10.4. The van der Waals surface area contributed by atoms with Gasteiger partial charge in [-0.1, -0.05) is 36.4 Å². The second-order valence-electron chi connectivity index (χ2n) is 5.08. The van der Waals surface area contributed by atoms with E-state index in [0.29, 0.717) is 16.6 Å². The summed E-state index contributed by atoms with van der Waals surface area (Å²) in [6.45, 7) is 0. The maximum Gasteiger partial charge on any atom is 0.256 e. The fourth-order valence-corrected chi connectivity index (χ4v) is 2.48. The van der Waals surface area contributed by atoms with Gasteiger partial charge in [-0.15, -0.1) is 0 Å². The van der Waals surface area contributed by atoms with Crippen LogP contribution in [0.25, 0.3) is 10.8 Å². The molecule has 4 N–H and O–H groups in total. The van der Waals surface area contributed by atoms with Gasteiger partial charge >= 0.3 is 0 Å². The van der Waals surface area contributed by atoms with E-state index in [0.717, 1.165) is 5.39 Å². The minimum absolute atomic E-state index is 0.00274. The monoisotopic (exact) mass is 306 g/mol. The number of phenolic OH excluding ortho intramolecular Hbond substituents is 1. The van der Waals surface area contributed by atoms with Crippen molar-refractivity contribution in [3.8, 4) is 5.75 Å². The number of hydrogen-bond donors (Lipinski definition) is 3. The zero-order valence-electron chi connectivity index (χ0n) is 12.1. The lowest BCUT2D eigenvalue weighted by atomic mass is 10.0. The summed E-state index contributed by atoms with van der Waals surface area (Å²) < 4.78 is 0. The second-order valence-corrected chi connectivity index (χ2v) is 5.08. The molecular weight excluding hydrogens is 292 g/mol. The molecule has 5 heteroatoms. The number of anilines is 1. The van der Waals surface area contributed by atoms with E-state index in [2.05, 4.69) is 5.32 Å². The van der Waals surface area contributed by atoms with Crippen LogP contribution in [0.1, 0.15) is 20.7 Å². The van der Waals surface area contributed by atoms with E-state index in [1.54, 1.807) is 36.4 Å². The van der Waals surface area contributed by atoms with Gasteiger partial charge in [-0.3, -0.25) is 9.59 Å². The average Bonchev–Trinajstić information content (AvgIpc) is 2.54. The second kappa shape index (κ2) is 5.81. The average molecular weight is 306 g/mol. The molecule has 0 atom stereocenters. The third-order valence-electron chi connectivity index (χ3n) is 3.53. The van der Waals surface area contributed by atoms with Crippen molar-refractivity contribution in [2.75, 3.05) is 5.32 Å². The third kappa shape index (κ3) is 2.85. The van der Waals surface area contributed by atoms with Crippen LogP contribution >= 0.6 is 0 Å². The third-order valence-corrected chi connectivity index (χ3v) is 3.53. The van der Waals surface area contributed by atoms with Crippen LogP contribution in [0.3, 0.4) is 0 Å². The van der Waals surface area contributed by atoms with Gasteiger partial charge in [-0.2, -0.15) is 0 Å².